The smallest absolute Gasteiger partial charge is 0.225 e. The summed E-state index contributed by atoms with van der Waals surface area (Å²) in [6, 6.07) is 0.438. The van der Waals surface area contributed by atoms with Gasteiger partial charge in [-0.1, -0.05) is 6.92 Å². The summed E-state index contributed by atoms with van der Waals surface area (Å²) in [6.45, 7) is 4.33. The van der Waals surface area contributed by atoms with Crippen LogP contribution < -0.4 is 5.32 Å². The molecule has 3 rings (SSSR count). The van der Waals surface area contributed by atoms with Gasteiger partial charge in [-0.05, 0) is 24.7 Å². The van der Waals surface area contributed by atoms with Crippen LogP contribution in [0.3, 0.4) is 0 Å². The van der Waals surface area contributed by atoms with Gasteiger partial charge in [-0.25, -0.2) is 0 Å². The number of hydrogen-bond donors (Lipinski definition) is 1. The van der Waals surface area contributed by atoms with Gasteiger partial charge in [0.25, 0.3) is 0 Å². The van der Waals surface area contributed by atoms with E-state index in [1.807, 2.05) is 4.90 Å². The van der Waals surface area contributed by atoms with E-state index in [0.717, 1.165) is 19.4 Å². The van der Waals surface area contributed by atoms with Crippen LogP contribution in [0.15, 0.2) is 0 Å². The Balaban J connectivity index is 1.45. The van der Waals surface area contributed by atoms with E-state index in [1.54, 1.807) is 0 Å². The minimum absolute atomic E-state index is 0.00937. The lowest BCUT2D eigenvalue weighted by Crippen LogP contribution is -2.38. The molecule has 106 valence electrons. The Morgan fingerprint density at radius 2 is 2.32 bits per heavy atom. The largest absolute Gasteiger partial charge is 0.381 e. The lowest BCUT2D eigenvalue weighted by molar-refractivity contribution is -0.128. The summed E-state index contributed by atoms with van der Waals surface area (Å²) >= 11 is 0. The number of nitrogens with one attached hydrogen (secondary N) is 1. The van der Waals surface area contributed by atoms with Crippen LogP contribution in [0, 0.1) is 11.8 Å². The third-order valence-corrected chi connectivity index (χ3v) is 4.49. The van der Waals surface area contributed by atoms with E-state index in [-0.39, 0.29) is 17.9 Å². The number of amides is 2. The molecule has 0 spiro atoms. The summed E-state index contributed by atoms with van der Waals surface area (Å²) in [6.07, 6.45) is 3.09. The van der Waals surface area contributed by atoms with Gasteiger partial charge in [-0.2, -0.15) is 0 Å². The fraction of sp³-hybridized carbons (Fsp3) is 0.857. The minimum atomic E-state index is 0.00937. The van der Waals surface area contributed by atoms with Crippen LogP contribution in [-0.4, -0.2) is 48.6 Å². The molecule has 1 aliphatic carbocycles. The van der Waals surface area contributed by atoms with E-state index in [0.29, 0.717) is 43.9 Å². The molecule has 0 bridgehead atoms. The first-order valence-electron chi connectivity index (χ1n) is 7.30. The summed E-state index contributed by atoms with van der Waals surface area (Å²) in [5.41, 5.74) is 0. The molecule has 19 heavy (non-hydrogen) atoms. The second kappa shape index (κ2) is 5.12. The van der Waals surface area contributed by atoms with Crippen molar-refractivity contribution >= 4 is 11.8 Å². The van der Waals surface area contributed by atoms with Gasteiger partial charge in [0.05, 0.1) is 6.04 Å². The number of likely N-dealkylation sites (tertiary alicyclic amines) is 1. The summed E-state index contributed by atoms with van der Waals surface area (Å²) in [4.78, 5) is 25.8. The average Bonchev–Trinajstić information content (AvgIpc) is 2.77. The predicted octanol–water partition coefficient (Wildman–Crippen LogP) is 0.538. The number of nitrogens with zero attached hydrogens (tertiary/aromatic N) is 1. The second-order valence-electron chi connectivity index (χ2n) is 6.23. The van der Waals surface area contributed by atoms with Gasteiger partial charge in [-0.3, -0.25) is 9.59 Å². The Morgan fingerprint density at radius 1 is 1.53 bits per heavy atom. The number of carbonyl (C=O) groups excluding carboxylic acids is 2. The Hall–Kier alpha value is -1.10. The van der Waals surface area contributed by atoms with Crippen LogP contribution in [0.5, 0.6) is 0 Å². The van der Waals surface area contributed by atoms with Crippen molar-refractivity contribution < 1.29 is 14.3 Å². The maximum absolute atomic E-state index is 11.9. The van der Waals surface area contributed by atoms with Gasteiger partial charge in [-0.15, -0.1) is 0 Å². The minimum Gasteiger partial charge on any atom is -0.381 e. The Bertz CT molecular complexity index is 379. The molecule has 0 unspecified atom stereocenters. The average molecular weight is 266 g/mol. The van der Waals surface area contributed by atoms with Crippen LogP contribution >= 0.6 is 0 Å². The predicted molar refractivity (Wildman–Crippen MR) is 69.4 cm³/mol. The van der Waals surface area contributed by atoms with Crippen molar-refractivity contribution in [2.75, 3.05) is 19.8 Å². The van der Waals surface area contributed by atoms with Crippen LogP contribution in [0.25, 0.3) is 0 Å². The van der Waals surface area contributed by atoms with Crippen LogP contribution in [0.2, 0.25) is 0 Å². The molecule has 0 aromatic carbocycles. The standard InChI is InChI=1S/C14H22N2O3/c1-9-4-12(9)16-7-11(6-14(16)18)15-13(17)5-10-2-3-19-8-10/h9-12H,2-8H2,1H3,(H,15,17)/t9-,10-,11+,12+/m1/s1. The van der Waals surface area contributed by atoms with Crippen molar-refractivity contribution in [3.05, 3.63) is 0 Å². The molecule has 2 saturated heterocycles. The summed E-state index contributed by atoms with van der Waals surface area (Å²) < 4.78 is 5.27. The highest BCUT2D eigenvalue weighted by Gasteiger charge is 2.44. The highest BCUT2D eigenvalue weighted by Crippen LogP contribution is 2.37. The maximum atomic E-state index is 11.9. The molecule has 3 fully saturated rings. The zero-order chi connectivity index (χ0) is 13.4. The third kappa shape index (κ3) is 2.91. The van der Waals surface area contributed by atoms with Gasteiger partial charge >= 0.3 is 0 Å². The first kappa shape index (κ1) is 12.9. The molecule has 5 heteroatoms. The molecule has 5 nitrogen and oxygen atoms in total. The molecular weight excluding hydrogens is 244 g/mol. The van der Waals surface area contributed by atoms with Crippen LogP contribution in [-0.2, 0) is 14.3 Å². The Kier molecular flexibility index (Phi) is 3.48. The summed E-state index contributed by atoms with van der Waals surface area (Å²) in [5.74, 6) is 1.26. The first-order valence-corrected chi connectivity index (χ1v) is 7.30. The van der Waals surface area contributed by atoms with Crippen molar-refractivity contribution in [1.29, 1.82) is 0 Å². The zero-order valence-electron chi connectivity index (χ0n) is 11.4. The number of ether oxygens (including phenoxy) is 1. The van der Waals surface area contributed by atoms with E-state index in [4.69, 9.17) is 4.74 Å². The van der Waals surface area contributed by atoms with Crippen molar-refractivity contribution in [2.45, 2.75) is 44.7 Å². The lowest BCUT2D eigenvalue weighted by Gasteiger charge is -2.17. The van der Waals surface area contributed by atoms with E-state index < -0.39 is 0 Å². The highest BCUT2D eigenvalue weighted by atomic mass is 16.5. The van der Waals surface area contributed by atoms with Crippen molar-refractivity contribution in [3.8, 4) is 0 Å². The number of rotatable bonds is 4. The van der Waals surface area contributed by atoms with Gasteiger partial charge in [0, 0.05) is 38.6 Å². The number of hydrogen-bond acceptors (Lipinski definition) is 3. The molecular formula is C14H22N2O3. The van der Waals surface area contributed by atoms with Crippen LogP contribution in [0.1, 0.15) is 32.6 Å². The highest BCUT2D eigenvalue weighted by molar-refractivity contribution is 5.82. The van der Waals surface area contributed by atoms with Gasteiger partial charge in [0.15, 0.2) is 0 Å². The Labute approximate surface area is 113 Å². The molecule has 2 heterocycles. The SMILES string of the molecule is C[C@@H]1C[C@@H]1N1C[C@@H](NC(=O)C[C@H]2CCOC2)CC1=O. The quantitative estimate of drug-likeness (QED) is 0.808. The monoisotopic (exact) mass is 266 g/mol. The van der Waals surface area contributed by atoms with Gasteiger partial charge in [0.1, 0.15) is 0 Å². The zero-order valence-corrected chi connectivity index (χ0v) is 11.4. The van der Waals surface area contributed by atoms with Crippen molar-refractivity contribution in [1.82, 2.24) is 10.2 Å². The molecule has 2 aliphatic heterocycles. The topological polar surface area (TPSA) is 58.6 Å². The van der Waals surface area contributed by atoms with Gasteiger partial charge in [0.2, 0.25) is 11.8 Å². The maximum Gasteiger partial charge on any atom is 0.225 e. The summed E-state index contributed by atoms with van der Waals surface area (Å²) in [7, 11) is 0. The van der Waals surface area contributed by atoms with E-state index in [1.165, 1.54) is 0 Å². The fourth-order valence-corrected chi connectivity index (χ4v) is 3.18. The van der Waals surface area contributed by atoms with E-state index in [2.05, 4.69) is 12.2 Å². The summed E-state index contributed by atoms with van der Waals surface area (Å²) in [5, 5.41) is 3.01. The molecule has 0 radical (unpaired) electrons. The van der Waals surface area contributed by atoms with Gasteiger partial charge < -0.3 is 15.0 Å². The van der Waals surface area contributed by atoms with Crippen molar-refractivity contribution in [3.63, 3.8) is 0 Å². The Morgan fingerprint density at radius 3 is 2.95 bits per heavy atom. The third-order valence-electron chi connectivity index (χ3n) is 4.49. The first-order chi connectivity index (χ1) is 9.13. The second-order valence-corrected chi connectivity index (χ2v) is 6.23. The van der Waals surface area contributed by atoms with Crippen LogP contribution in [0.4, 0.5) is 0 Å². The lowest BCUT2D eigenvalue weighted by atomic mass is 10.0. The normalized spacial score (nSPS) is 37.7. The molecule has 0 aromatic heterocycles. The number of carbonyl (C=O) groups is 2. The van der Waals surface area contributed by atoms with Crippen molar-refractivity contribution in [2.24, 2.45) is 11.8 Å². The molecule has 4 atom stereocenters. The molecule has 1 saturated carbocycles. The molecule has 3 aliphatic rings. The molecule has 1 N–H and O–H groups in total. The van der Waals surface area contributed by atoms with E-state index in [9.17, 15) is 9.59 Å². The molecule has 0 aromatic rings. The van der Waals surface area contributed by atoms with E-state index >= 15 is 0 Å². The molecule has 2 amide bonds. The fourth-order valence-electron chi connectivity index (χ4n) is 3.18.